The molecule has 4 rings (SSSR count). The Morgan fingerprint density at radius 1 is 1.19 bits per heavy atom. The van der Waals surface area contributed by atoms with Crippen molar-refractivity contribution < 1.29 is 23.0 Å². The van der Waals surface area contributed by atoms with E-state index in [4.69, 9.17) is 9.47 Å². The fraction of sp³-hybridized carbons (Fsp3) is 0.333. The first-order chi connectivity index (χ1) is 14.9. The summed E-state index contributed by atoms with van der Waals surface area (Å²) >= 11 is 1.00. The summed E-state index contributed by atoms with van der Waals surface area (Å²) in [4.78, 5) is 4.30. The van der Waals surface area contributed by atoms with E-state index in [1.165, 1.54) is 17.7 Å². The normalized spacial score (nSPS) is 15.9. The fourth-order valence-corrected chi connectivity index (χ4v) is 5.90. The average Bonchev–Trinajstić information content (AvgIpc) is 3.31. The molecule has 0 fully saturated rings. The number of rotatable bonds is 7. The number of hydrogen-bond acceptors (Lipinski definition) is 8. The molecule has 1 atom stereocenters. The van der Waals surface area contributed by atoms with E-state index < -0.39 is 16.1 Å². The predicted molar refractivity (Wildman–Crippen MR) is 117 cm³/mol. The Labute approximate surface area is 185 Å². The van der Waals surface area contributed by atoms with Crippen molar-refractivity contribution in [1.29, 1.82) is 0 Å². The first kappa shape index (κ1) is 21.5. The lowest BCUT2D eigenvalue weighted by Gasteiger charge is -2.25. The summed E-state index contributed by atoms with van der Waals surface area (Å²) in [5.74, 6) is 1.12. The van der Waals surface area contributed by atoms with E-state index in [-0.39, 0.29) is 16.6 Å². The number of ether oxygens (including phenoxy) is 2. The number of aryl methyl sites for hydroxylation is 1. The molecule has 1 heterocycles. The van der Waals surface area contributed by atoms with Crippen LogP contribution in [0.5, 0.6) is 11.5 Å². The molecule has 0 saturated heterocycles. The van der Waals surface area contributed by atoms with Gasteiger partial charge in [-0.2, -0.15) is 4.37 Å². The van der Waals surface area contributed by atoms with Gasteiger partial charge in [-0.25, -0.2) is 17.7 Å². The first-order valence-electron chi connectivity index (χ1n) is 9.75. The molecule has 8 nitrogen and oxygen atoms in total. The van der Waals surface area contributed by atoms with Gasteiger partial charge >= 0.3 is 0 Å². The van der Waals surface area contributed by atoms with Crippen LogP contribution >= 0.6 is 11.5 Å². The van der Waals surface area contributed by atoms with Gasteiger partial charge < -0.3 is 14.6 Å². The van der Waals surface area contributed by atoms with Crippen LogP contribution in [0.15, 0.2) is 47.6 Å². The zero-order valence-corrected chi connectivity index (χ0v) is 18.8. The van der Waals surface area contributed by atoms with E-state index in [1.54, 1.807) is 43.5 Å². The zero-order valence-electron chi connectivity index (χ0n) is 17.2. The fourth-order valence-electron chi connectivity index (χ4n) is 3.72. The Bertz CT molecular complexity index is 1170. The maximum Gasteiger partial charge on any atom is 0.266 e. The molecule has 1 unspecified atom stereocenters. The molecule has 1 N–H and O–H groups in total. The van der Waals surface area contributed by atoms with Gasteiger partial charge in [0.25, 0.3) is 10.0 Å². The molecule has 164 valence electrons. The van der Waals surface area contributed by atoms with Crippen molar-refractivity contribution in [1.82, 2.24) is 9.36 Å². The third-order valence-electron chi connectivity index (χ3n) is 5.36. The maximum absolute atomic E-state index is 13.7. The molecule has 10 heteroatoms. The van der Waals surface area contributed by atoms with Crippen LogP contribution in [0.25, 0.3) is 0 Å². The van der Waals surface area contributed by atoms with E-state index in [0.717, 1.165) is 35.5 Å². The summed E-state index contributed by atoms with van der Waals surface area (Å²) < 4.78 is 43.2. The summed E-state index contributed by atoms with van der Waals surface area (Å²) in [5, 5.41) is 10.5. The smallest absolute Gasteiger partial charge is 0.266 e. The molecule has 1 aliphatic carbocycles. The second-order valence-corrected chi connectivity index (χ2v) is 9.80. The first-order valence-corrected chi connectivity index (χ1v) is 12.0. The van der Waals surface area contributed by atoms with Crippen molar-refractivity contribution in [3.8, 4) is 11.5 Å². The Kier molecular flexibility index (Phi) is 6.12. The number of methoxy groups -OCH3 is 2. The summed E-state index contributed by atoms with van der Waals surface area (Å²) in [7, 11) is -0.861. The summed E-state index contributed by atoms with van der Waals surface area (Å²) in [6.45, 7) is 0.0183. The minimum Gasteiger partial charge on any atom is -0.497 e. The van der Waals surface area contributed by atoms with Crippen LogP contribution in [0.4, 0.5) is 5.13 Å². The quantitative estimate of drug-likeness (QED) is 0.576. The van der Waals surface area contributed by atoms with Gasteiger partial charge in [0.2, 0.25) is 5.13 Å². The molecule has 31 heavy (non-hydrogen) atoms. The van der Waals surface area contributed by atoms with Crippen LogP contribution in [0.2, 0.25) is 0 Å². The molecule has 0 radical (unpaired) electrons. The van der Waals surface area contributed by atoms with Crippen LogP contribution in [0.3, 0.4) is 0 Å². The number of anilines is 1. The number of fused-ring (bicyclic) bond motifs is 1. The number of hydrogen-bond donors (Lipinski definition) is 1. The molecular weight excluding hydrogens is 438 g/mol. The van der Waals surface area contributed by atoms with Crippen molar-refractivity contribution in [3.63, 3.8) is 0 Å². The van der Waals surface area contributed by atoms with Gasteiger partial charge in [-0.1, -0.05) is 6.07 Å². The standard InChI is InChI=1S/C21H23N3O5S2/c1-28-16-7-6-15(20(11-16)29-2)12-24(21-22-13-23-30-21)31(26,27)17-8-9-18-14(10-17)4-3-5-19(18)25/h6-11,13,19,25H,3-5,12H2,1-2H3. The third kappa shape index (κ3) is 4.23. The van der Waals surface area contributed by atoms with Crippen molar-refractivity contribution in [2.24, 2.45) is 0 Å². The highest BCUT2D eigenvalue weighted by Crippen LogP contribution is 2.34. The summed E-state index contributed by atoms with van der Waals surface area (Å²) in [6.07, 6.45) is 3.02. The minimum absolute atomic E-state index is 0.0183. The lowest BCUT2D eigenvalue weighted by molar-refractivity contribution is 0.156. The van der Waals surface area contributed by atoms with Gasteiger partial charge in [0.1, 0.15) is 17.8 Å². The molecule has 1 aromatic heterocycles. The Balaban J connectivity index is 1.75. The number of aliphatic hydroxyl groups excluding tert-OH is 1. The number of sulfonamides is 1. The van der Waals surface area contributed by atoms with Crippen molar-refractivity contribution in [2.75, 3.05) is 18.5 Å². The Morgan fingerprint density at radius 2 is 2.03 bits per heavy atom. The maximum atomic E-state index is 13.7. The number of aromatic nitrogens is 2. The highest BCUT2D eigenvalue weighted by molar-refractivity contribution is 7.93. The zero-order chi connectivity index (χ0) is 22.0. The lowest BCUT2D eigenvalue weighted by Crippen LogP contribution is -2.31. The highest BCUT2D eigenvalue weighted by Gasteiger charge is 2.30. The molecule has 0 spiro atoms. The number of aliphatic hydroxyl groups is 1. The van der Waals surface area contributed by atoms with E-state index in [1.807, 2.05) is 0 Å². The topological polar surface area (TPSA) is 102 Å². The second-order valence-electron chi connectivity index (χ2n) is 7.18. The van der Waals surface area contributed by atoms with Crippen LogP contribution in [-0.4, -0.2) is 37.1 Å². The van der Waals surface area contributed by atoms with Crippen LogP contribution in [0.1, 0.15) is 35.6 Å². The molecular formula is C21H23N3O5S2. The van der Waals surface area contributed by atoms with Crippen LogP contribution in [0, 0.1) is 0 Å². The second kappa shape index (κ2) is 8.81. The number of nitrogens with zero attached hydrogens (tertiary/aromatic N) is 3. The minimum atomic E-state index is -3.94. The molecule has 0 aliphatic heterocycles. The van der Waals surface area contributed by atoms with Crippen LogP contribution in [-0.2, 0) is 23.0 Å². The molecule has 1 aliphatic rings. The van der Waals surface area contributed by atoms with Crippen LogP contribution < -0.4 is 13.8 Å². The molecule has 0 amide bonds. The highest BCUT2D eigenvalue weighted by atomic mass is 32.2. The van der Waals surface area contributed by atoms with Gasteiger partial charge in [-0.15, -0.1) is 0 Å². The Morgan fingerprint density at radius 3 is 2.74 bits per heavy atom. The predicted octanol–water partition coefficient (Wildman–Crippen LogP) is 3.32. The third-order valence-corrected chi connectivity index (χ3v) is 7.89. The van der Waals surface area contributed by atoms with Gasteiger partial charge in [0, 0.05) is 23.2 Å². The van der Waals surface area contributed by atoms with E-state index >= 15 is 0 Å². The molecule has 2 aromatic carbocycles. The van der Waals surface area contributed by atoms with E-state index in [2.05, 4.69) is 9.36 Å². The average molecular weight is 462 g/mol. The van der Waals surface area contributed by atoms with Gasteiger partial charge in [-0.05, 0) is 54.7 Å². The Hall–Kier alpha value is -2.69. The monoisotopic (exact) mass is 461 g/mol. The van der Waals surface area contributed by atoms with E-state index in [0.29, 0.717) is 23.5 Å². The molecule has 0 saturated carbocycles. The van der Waals surface area contributed by atoms with Crippen molar-refractivity contribution in [2.45, 2.75) is 36.8 Å². The largest absolute Gasteiger partial charge is 0.497 e. The van der Waals surface area contributed by atoms with Gasteiger partial charge in [-0.3, -0.25) is 0 Å². The summed E-state index contributed by atoms with van der Waals surface area (Å²) in [6, 6.07) is 10.1. The van der Waals surface area contributed by atoms with Crippen molar-refractivity contribution in [3.05, 3.63) is 59.4 Å². The SMILES string of the molecule is COc1ccc(CN(c2ncns2)S(=O)(=O)c2ccc3c(c2)CCCC3O)c(OC)c1. The summed E-state index contributed by atoms with van der Waals surface area (Å²) in [5.41, 5.74) is 2.32. The van der Waals surface area contributed by atoms with Gasteiger partial charge in [0.05, 0.1) is 31.8 Å². The molecule has 0 bridgehead atoms. The lowest BCUT2D eigenvalue weighted by atomic mass is 9.90. The van der Waals surface area contributed by atoms with E-state index in [9.17, 15) is 13.5 Å². The molecule has 3 aromatic rings. The number of benzene rings is 2. The van der Waals surface area contributed by atoms with Gasteiger partial charge in [0.15, 0.2) is 0 Å². The van der Waals surface area contributed by atoms with Crippen molar-refractivity contribution >= 4 is 26.7 Å².